The van der Waals surface area contributed by atoms with E-state index in [4.69, 9.17) is 0 Å². The highest BCUT2D eigenvalue weighted by Crippen LogP contribution is 2.29. The van der Waals surface area contributed by atoms with Crippen LogP contribution in [0, 0.1) is 5.92 Å². The SMILES string of the molecule is CC(=O)N[C@@H](c1ccccn1)[C@H]1CCCN(C(=O)CCc2ccccc2)C1. The summed E-state index contributed by atoms with van der Waals surface area (Å²) < 4.78 is 0. The van der Waals surface area contributed by atoms with Crippen LogP contribution in [0.1, 0.15) is 43.5 Å². The molecule has 0 unspecified atom stereocenters. The zero-order chi connectivity index (χ0) is 19.1. The standard InChI is InChI=1S/C22H27N3O2/c1-17(26)24-22(20-11-5-6-14-23-20)19-10-7-15-25(16-19)21(27)13-12-18-8-3-2-4-9-18/h2-6,8-9,11,14,19,22H,7,10,12-13,15-16H2,1H3,(H,24,26)/t19-,22+/m0/s1. The molecule has 1 N–H and O–H groups in total. The molecule has 1 aromatic heterocycles. The van der Waals surface area contributed by atoms with E-state index >= 15 is 0 Å². The first-order valence-electron chi connectivity index (χ1n) is 9.63. The van der Waals surface area contributed by atoms with Gasteiger partial charge in [-0.2, -0.15) is 0 Å². The number of nitrogens with one attached hydrogen (secondary N) is 1. The molecule has 5 heteroatoms. The number of benzene rings is 1. The molecule has 3 rings (SSSR count). The van der Waals surface area contributed by atoms with E-state index < -0.39 is 0 Å². The largest absolute Gasteiger partial charge is 0.348 e. The number of rotatable bonds is 6. The van der Waals surface area contributed by atoms with Crippen molar-refractivity contribution in [2.24, 2.45) is 5.92 Å². The van der Waals surface area contributed by atoms with Gasteiger partial charge in [-0.1, -0.05) is 36.4 Å². The van der Waals surface area contributed by atoms with Gasteiger partial charge in [0.2, 0.25) is 11.8 Å². The van der Waals surface area contributed by atoms with Gasteiger partial charge >= 0.3 is 0 Å². The topological polar surface area (TPSA) is 62.3 Å². The van der Waals surface area contributed by atoms with Crippen molar-refractivity contribution < 1.29 is 9.59 Å². The summed E-state index contributed by atoms with van der Waals surface area (Å²) in [5, 5.41) is 3.04. The number of aromatic nitrogens is 1. The van der Waals surface area contributed by atoms with Crippen molar-refractivity contribution in [2.45, 2.75) is 38.6 Å². The Kier molecular flexibility index (Phi) is 6.58. The van der Waals surface area contributed by atoms with E-state index in [-0.39, 0.29) is 23.8 Å². The lowest BCUT2D eigenvalue weighted by Crippen LogP contribution is -2.45. The fraction of sp³-hybridized carbons (Fsp3) is 0.409. The predicted molar refractivity (Wildman–Crippen MR) is 105 cm³/mol. The maximum Gasteiger partial charge on any atom is 0.222 e. The molecule has 0 saturated carbocycles. The average molecular weight is 365 g/mol. The van der Waals surface area contributed by atoms with Crippen LogP contribution >= 0.6 is 0 Å². The summed E-state index contributed by atoms with van der Waals surface area (Å²) in [6.07, 6.45) is 4.95. The lowest BCUT2D eigenvalue weighted by molar-refractivity contribution is -0.133. The van der Waals surface area contributed by atoms with Crippen molar-refractivity contribution in [3.8, 4) is 0 Å². The van der Waals surface area contributed by atoms with Crippen molar-refractivity contribution in [3.05, 3.63) is 66.0 Å². The number of hydrogen-bond donors (Lipinski definition) is 1. The van der Waals surface area contributed by atoms with E-state index in [1.807, 2.05) is 41.3 Å². The second-order valence-corrected chi connectivity index (χ2v) is 7.16. The van der Waals surface area contributed by atoms with Crippen LogP contribution in [0.15, 0.2) is 54.7 Å². The molecule has 0 bridgehead atoms. The van der Waals surface area contributed by atoms with Crippen molar-refractivity contribution in [1.29, 1.82) is 0 Å². The van der Waals surface area contributed by atoms with Crippen LogP contribution in [0.5, 0.6) is 0 Å². The maximum atomic E-state index is 12.7. The minimum atomic E-state index is -0.159. The molecule has 2 atom stereocenters. The lowest BCUT2D eigenvalue weighted by Gasteiger charge is -2.37. The number of amides is 2. The Balaban J connectivity index is 1.64. The molecular weight excluding hydrogens is 338 g/mol. The van der Waals surface area contributed by atoms with Crippen LogP contribution in [0.3, 0.4) is 0 Å². The van der Waals surface area contributed by atoms with Gasteiger partial charge in [0.05, 0.1) is 11.7 Å². The minimum absolute atomic E-state index is 0.0711. The Labute approximate surface area is 160 Å². The molecule has 1 fully saturated rings. The fourth-order valence-electron chi connectivity index (χ4n) is 3.77. The molecule has 27 heavy (non-hydrogen) atoms. The highest BCUT2D eigenvalue weighted by Gasteiger charge is 2.31. The van der Waals surface area contributed by atoms with Crippen LogP contribution in [-0.4, -0.2) is 34.8 Å². The number of piperidine rings is 1. The molecule has 0 radical (unpaired) electrons. The van der Waals surface area contributed by atoms with E-state index in [2.05, 4.69) is 22.4 Å². The highest BCUT2D eigenvalue weighted by molar-refractivity contribution is 5.76. The molecule has 142 valence electrons. The maximum absolute atomic E-state index is 12.7. The first-order valence-corrected chi connectivity index (χ1v) is 9.63. The van der Waals surface area contributed by atoms with Gasteiger partial charge in [0.1, 0.15) is 0 Å². The summed E-state index contributed by atoms with van der Waals surface area (Å²) >= 11 is 0. The molecule has 2 aromatic rings. The van der Waals surface area contributed by atoms with Gasteiger partial charge in [0.15, 0.2) is 0 Å². The van der Waals surface area contributed by atoms with E-state index in [9.17, 15) is 9.59 Å². The Bertz CT molecular complexity index is 749. The summed E-state index contributed by atoms with van der Waals surface area (Å²) in [4.78, 5) is 30.8. The Hall–Kier alpha value is -2.69. The van der Waals surface area contributed by atoms with Gasteiger partial charge in [-0.05, 0) is 37.0 Å². The smallest absolute Gasteiger partial charge is 0.222 e. The number of likely N-dealkylation sites (tertiary alicyclic amines) is 1. The molecule has 5 nitrogen and oxygen atoms in total. The zero-order valence-electron chi connectivity index (χ0n) is 15.8. The highest BCUT2D eigenvalue weighted by atomic mass is 16.2. The summed E-state index contributed by atoms with van der Waals surface area (Å²) in [5.74, 6) is 0.294. The number of aryl methyl sites for hydroxylation is 1. The number of nitrogens with zero attached hydrogens (tertiary/aromatic N) is 2. The monoisotopic (exact) mass is 365 g/mol. The van der Waals surface area contributed by atoms with Crippen LogP contribution in [0.2, 0.25) is 0 Å². The molecule has 1 saturated heterocycles. The third-order valence-corrected chi connectivity index (χ3v) is 5.12. The third kappa shape index (κ3) is 5.39. The van der Waals surface area contributed by atoms with Gasteiger partial charge in [-0.25, -0.2) is 0 Å². The Morgan fingerprint density at radius 3 is 2.67 bits per heavy atom. The van der Waals surface area contributed by atoms with Gasteiger partial charge in [0.25, 0.3) is 0 Å². The lowest BCUT2D eigenvalue weighted by atomic mass is 9.88. The molecule has 0 aliphatic carbocycles. The van der Waals surface area contributed by atoms with E-state index in [0.717, 1.165) is 31.5 Å². The number of carbonyl (C=O) groups excluding carboxylic acids is 2. The van der Waals surface area contributed by atoms with Crippen LogP contribution in [-0.2, 0) is 16.0 Å². The van der Waals surface area contributed by atoms with Crippen molar-refractivity contribution in [3.63, 3.8) is 0 Å². The molecule has 2 heterocycles. The number of pyridine rings is 1. The minimum Gasteiger partial charge on any atom is -0.348 e. The molecule has 0 spiro atoms. The summed E-state index contributed by atoms with van der Waals surface area (Å²) in [7, 11) is 0. The summed E-state index contributed by atoms with van der Waals surface area (Å²) in [5.41, 5.74) is 2.04. The molecule has 1 aromatic carbocycles. The predicted octanol–water partition coefficient (Wildman–Crippen LogP) is 3.13. The summed E-state index contributed by atoms with van der Waals surface area (Å²) in [6, 6.07) is 15.7. The van der Waals surface area contributed by atoms with Crippen LogP contribution in [0.4, 0.5) is 0 Å². The Morgan fingerprint density at radius 2 is 1.96 bits per heavy atom. The quantitative estimate of drug-likeness (QED) is 0.855. The van der Waals surface area contributed by atoms with Crippen molar-refractivity contribution >= 4 is 11.8 Å². The zero-order valence-corrected chi connectivity index (χ0v) is 15.8. The van der Waals surface area contributed by atoms with Crippen LogP contribution in [0.25, 0.3) is 0 Å². The van der Waals surface area contributed by atoms with Gasteiger partial charge in [-0.3, -0.25) is 14.6 Å². The second kappa shape index (κ2) is 9.31. The molecular formula is C22H27N3O2. The molecule has 1 aliphatic heterocycles. The third-order valence-electron chi connectivity index (χ3n) is 5.12. The average Bonchev–Trinajstić information content (AvgIpc) is 2.71. The number of hydrogen-bond acceptors (Lipinski definition) is 3. The van der Waals surface area contributed by atoms with E-state index in [1.165, 1.54) is 12.5 Å². The van der Waals surface area contributed by atoms with E-state index in [1.54, 1.807) is 6.20 Å². The first kappa shape index (κ1) is 19.1. The fourth-order valence-corrected chi connectivity index (χ4v) is 3.77. The molecule has 2 amide bonds. The first-order chi connectivity index (χ1) is 13.1. The second-order valence-electron chi connectivity index (χ2n) is 7.16. The molecule has 1 aliphatic rings. The van der Waals surface area contributed by atoms with Gasteiger partial charge in [-0.15, -0.1) is 0 Å². The van der Waals surface area contributed by atoms with Gasteiger partial charge < -0.3 is 10.2 Å². The van der Waals surface area contributed by atoms with Crippen molar-refractivity contribution in [2.75, 3.05) is 13.1 Å². The van der Waals surface area contributed by atoms with Crippen LogP contribution < -0.4 is 5.32 Å². The van der Waals surface area contributed by atoms with E-state index in [0.29, 0.717) is 13.0 Å². The normalized spacial score (nSPS) is 18.0. The summed E-state index contributed by atoms with van der Waals surface area (Å²) in [6.45, 7) is 2.98. The Morgan fingerprint density at radius 1 is 1.19 bits per heavy atom. The van der Waals surface area contributed by atoms with Crippen molar-refractivity contribution in [1.82, 2.24) is 15.2 Å². The van der Waals surface area contributed by atoms with Gasteiger partial charge in [0, 0.05) is 38.5 Å². The number of carbonyl (C=O) groups is 2.